The third-order valence-electron chi connectivity index (χ3n) is 2.22. The average molecular weight is 208 g/mol. The Morgan fingerprint density at radius 3 is 2.33 bits per heavy atom. The van der Waals surface area contributed by atoms with Gasteiger partial charge in [0.2, 0.25) is 0 Å². The SMILES string of the molecule is CN(C)C(=O)[C@H](O)[C@H](N)c1ccccc1. The molecule has 0 saturated carbocycles. The fraction of sp³-hybridized carbons (Fsp3) is 0.364. The molecule has 0 radical (unpaired) electrons. The van der Waals surface area contributed by atoms with Crippen molar-refractivity contribution in [3.63, 3.8) is 0 Å². The van der Waals surface area contributed by atoms with Gasteiger partial charge in [-0.15, -0.1) is 0 Å². The molecule has 0 spiro atoms. The number of amides is 1. The largest absolute Gasteiger partial charge is 0.381 e. The van der Waals surface area contributed by atoms with E-state index in [9.17, 15) is 9.90 Å². The third-order valence-corrected chi connectivity index (χ3v) is 2.22. The Morgan fingerprint density at radius 1 is 1.33 bits per heavy atom. The second kappa shape index (κ2) is 4.91. The highest BCUT2D eigenvalue weighted by Gasteiger charge is 2.25. The molecule has 0 aliphatic carbocycles. The minimum absolute atomic E-state index is 0.383. The van der Waals surface area contributed by atoms with Crippen LogP contribution in [0.25, 0.3) is 0 Å². The van der Waals surface area contributed by atoms with Crippen molar-refractivity contribution in [2.75, 3.05) is 14.1 Å². The van der Waals surface area contributed by atoms with Gasteiger partial charge in [-0.3, -0.25) is 4.79 Å². The number of likely N-dealkylation sites (N-methyl/N-ethyl adjacent to an activating group) is 1. The molecule has 0 aromatic heterocycles. The highest BCUT2D eigenvalue weighted by molar-refractivity contribution is 5.81. The van der Waals surface area contributed by atoms with Crippen LogP contribution in [0.5, 0.6) is 0 Å². The highest BCUT2D eigenvalue weighted by Crippen LogP contribution is 2.14. The van der Waals surface area contributed by atoms with Gasteiger partial charge < -0.3 is 15.7 Å². The van der Waals surface area contributed by atoms with Crippen LogP contribution in [-0.2, 0) is 4.79 Å². The molecule has 1 aromatic rings. The summed E-state index contributed by atoms with van der Waals surface area (Å²) in [6.45, 7) is 0. The van der Waals surface area contributed by atoms with Crippen molar-refractivity contribution in [2.24, 2.45) is 5.73 Å². The number of rotatable bonds is 3. The number of nitrogens with zero attached hydrogens (tertiary/aromatic N) is 1. The van der Waals surface area contributed by atoms with E-state index in [1.807, 2.05) is 18.2 Å². The molecular weight excluding hydrogens is 192 g/mol. The van der Waals surface area contributed by atoms with Crippen LogP contribution in [0.3, 0.4) is 0 Å². The van der Waals surface area contributed by atoms with E-state index in [2.05, 4.69) is 0 Å². The summed E-state index contributed by atoms with van der Waals surface area (Å²) >= 11 is 0. The molecule has 3 N–H and O–H groups in total. The number of hydrogen-bond donors (Lipinski definition) is 2. The van der Waals surface area contributed by atoms with Gasteiger partial charge in [-0.05, 0) is 5.56 Å². The monoisotopic (exact) mass is 208 g/mol. The highest BCUT2D eigenvalue weighted by atomic mass is 16.3. The molecular formula is C11H16N2O2. The molecule has 0 aliphatic rings. The minimum atomic E-state index is -1.19. The van der Waals surface area contributed by atoms with E-state index in [1.54, 1.807) is 26.2 Å². The maximum Gasteiger partial charge on any atom is 0.252 e. The molecule has 4 nitrogen and oxygen atoms in total. The lowest BCUT2D eigenvalue weighted by Gasteiger charge is -2.21. The first-order valence-corrected chi connectivity index (χ1v) is 4.74. The number of aliphatic hydroxyl groups excluding tert-OH is 1. The Bertz CT molecular complexity index is 325. The molecule has 0 saturated heterocycles. The van der Waals surface area contributed by atoms with Crippen molar-refractivity contribution < 1.29 is 9.90 Å². The van der Waals surface area contributed by atoms with Crippen molar-refractivity contribution in [2.45, 2.75) is 12.1 Å². The van der Waals surface area contributed by atoms with Crippen LogP contribution in [0.4, 0.5) is 0 Å². The third kappa shape index (κ3) is 2.78. The lowest BCUT2D eigenvalue weighted by atomic mass is 10.0. The number of carbonyl (C=O) groups is 1. The zero-order chi connectivity index (χ0) is 11.4. The Morgan fingerprint density at radius 2 is 1.87 bits per heavy atom. The van der Waals surface area contributed by atoms with Gasteiger partial charge in [0.05, 0.1) is 6.04 Å². The van der Waals surface area contributed by atoms with E-state index in [-0.39, 0.29) is 5.91 Å². The first-order chi connectivity index (χ1) is 7.04. The molecule has 1 amide bonds. The zero-order valence-corrected chi connectivity index (χ0v) is 8.92. The van der Waals surface area contributed by atoms with E-state index in [0.717, 1.165) is 5.56 Å². The predicted molar refractivity (Wildman–Crippen MR) is 58.1 cm³/mol. The summed E-state index contributed by atoms with van der Waals surface area (Å²) in [6, 6.07) is 8.40. The molecule has 15 heavy (non-hydrogen) atoms. The molecule has 1 aromatic carbocycles. The number of hydrogen-bond acceptors (Lipinski definition) is 3. The molecule has 0 unspecified atom stereocenters. The number of benzene rings is 1. The maximum absolute atomic E-state index is 11.5. The van der Waals surface area contributed by atoms with Crippen LogP contribution in [-0.4, -0.2) is 36.1 Å². The maximum atomic E-state index is 11.5. The van der Waals surface area contributed by atoms with Crippen molar-refractivity contribution >= 4 is 5.91 Å². The van der Waals surface area contributed by atoms with Crippen molar-refractivity contribution in [1.29, 1.82) is 0 Å². The van der Waals surface area contributed by atoms with E-state index in [1.165, 1.54) is 4.90 Å². The van der Waals surface area contributed by atoms with Gasteiger partial charge >= 0.3 is 0 Å². The van der Waals surface area contributed by atoms with Gasteiger partial charge in [-0.2, -0.15) is 0 Å². The van der Waals surface area contributed by atoms with Crippen molar-refractivity contribution in [3.05, 3.63) is 35.9 Å². The van der Waals surface area contributed by atoms with Gasteiger partial charge in [0.25, 0.3) is 5.91 Å². The summed E-state index contributed by atoms with van der Waals surface area (Å²) in [4.78, 5) is 12.8. The molecule has 4 heteroatoms. The summed E-state index contributed by atoms with van der Waals surface area (Å²) in [5.41, 5.74) is 6.53. The summed E-state index contributed by atoms with van der Waals surface area (Å²) in [6.07, 6.45) is -1.19. The number of carbonyl (C=O) groups excluding carboxylic acids is 1. The molecule has 1 rings (SSSR count). The molecule has 0 heterocycles. The molecule has 2 atom stereocenters. The smallest absolute Gasteiger partial charge is 0.252 e. The Balaban J connectivity index is 2.77. The molecule has 0 bridgehead atoms. The second-order valence-corrected chi connectivity index (χ2v) is 3.61. The van der Waals surface area contributed by atoms with Gasteiger partial charge in [0.1, 0.15) is 0 Å². The second-order valence-electron chi connectivity index (χ2n) is 3.61. The summed E-state index contributed by atoms with van der Waals surface area (Å²) in [5, 5.41) is 9.69. The summed E-state index contributed by atoms with van der Waals surface area (Å²) < 4.78 is 0. The normalized spacial score (nSPS) is 14.4. The first kappa shape index (κ1) is 11.7. The Kier molecular flexibility index (Phi) is 3.82. The molecule has 0 fully saturated rings. The quantitative estimate of drug-likeness (QED) is 0.742. The Labute approximate surface area is 89.3 Å². The predicted octanol–water partition coefficient (Wildman–Crippen LogP) is 0.136. The fourth-order valence-electron chi connectivity index (χ4n) is 1.28. The van der Waals surface area contributed by atoms with Crippen LogP contribution in [0.2, 0.25) is 0 Å². The topological polar surface area (TPSA) is 66.6 Å². The zero-order valence-electron chi connectivity index (χ0n) is 8.92. The minimum Gasteiger partial charge on any atom is -0.381 e. The lowest BCUT2D eigenvalue weighted by Crippen LogP contribution is -2.40. The van der Waals surface area contributed by atoms with E-state index in [4.69, 9.17) is 5.73 Å². The van der Waals surface area contributed by atoms with E-state index in [0.29, 0.717) is 0 Å². The van der Waals surface area contributed by atoms with Crippen LogP contribution in [0, 0.1) is 0 Å². The van der Waals surface area contributed by atoms with Crippen LogP contribution >= 0.6 is 0 Å². The van der Waals surface area contributed by atoms with Crippen molar-refractivity contribution in [3.8, 4) is 0 Å². The van der Waals surface area contributed by atoms with Crippen LogP contribution in [0.15, 0.2) is 30.3 Å². The lowest BCUT2D eigenvalue weighted by molar-refractivity contribution is -0.138. The van der Waals surface area contributed by atoms with Gasteiger partial charge in [-0.1, -0.05) is 30.3 Å². The number of aliphatic hydroxyl groups is 1. The first-order valence-electron chi connectivity index (χ1n) is 4.74. The average Bonchev–Trinajstić information content (AvgIpc) is 2.27. The van der Waals surface area contributed by atoms with E-state index >= 15 is 0 Å². The van der Waals surface area contributed by atoms with Gasteiger partial charge in [0, 0.05) is 14.1 Å². The molecule has 0 aliphatic heterocycles. The summed E-state index contributed by atoms with van der Waals surface area (Å²) in [5.74, 6) is -0.383. The molecule has 82 valence electrons. The Hall–Kier alpha value is -1.39. The van der Waals surface area contributed by atoms with Gasteiger partial charge in [0.15, 0.2) is 6.10 Å². The standard InChI is InChI=1S/C11H16N2O2/c1-13(2)11(15)10(14)9(12)8-6-4-3-5-7-8/h3-7,9-10,14H,12H2,1-2H3/t9-,10-/m1/s1. The van der Waals surface area contributed by atoms with Crippen molar-refractivity contribution in [1.82, 2.24) is 4.90 Å². The van der Waals surface area contributed by atoms with Gasteiger partial charge in [-0.25, -0.2) is 0 Å². The summed E-state index contributed by atoms with van der Waals surface area (Å²) in [7, 11) is 3.17. The fourth-order valence-corrected chi connectivity index (χ4v) is 1.28. The van der Waals surface area contributed by atoms with Crippen LogP contribution < -0.4 is 5.73 Å². The van der Waals surface area contributed by atoms with E-state index < -0.39 is 12.1 Å². The number of nitrogens with two attached hydrogens (primary N) is 1. The van der Waals surface area contributed by atoms with Crippen LogP contribution in [0.1, 0.15) is 11.6 Å².